The molecule has 1 aliphatic carbocycles. The summed E-state index contributed by atoms with van der Waals surface area (Å²) in [6.45, 7) is 4.62. The summed E-state index contributed by atoms with van der Waals surface area (Å²) in [4.78, 5) is 25.0. The first-order valence-electron chi connectivity index (χ1n) is 5.40. The summed E-state index contributed by atoms with van der Waals surface area (Å²) in [6.07, 6.45) is 4.23. The van der Waals surface area contributed by atoms with Crippen molar-refractivity contribution in [3.8, 4) is 0 Å². The minimum atomic E-state index is -0.155. The normalized spacial score (nSPS) is 25.5. The van der Waals surface area contributed by atoms with Crippen molar-refractivity contribution in [3.05, 3.63) is 12.7 Å². The Morgan fingerprint density at radius 2 is 2.33 bits per heavy atom. The van der Waals surface area contributed by atoms with Crippen molar-refractivity contribution in [2.45, 2.75) is 25.3 Å². The van der Waals surface area contributed by atoms with Crippen LogP contribution in [-0.2, 0) is 9.59 Å². The molecule has 0 spiro atoms. The lowest BCUT2D eigenvalue weighted by atomic mass is 10.1. The molecule has 2 rings (SSSR count). The predicted octanol–water partition coefficient (Wildman–Crippen LogP) is 0.299. The van der Waals surface area contributed by atoms with Gasteiger partial charge in [-0.25, -0.2) is 0 Å². The fourth-order valence-corrected chi connectivity index (χ4v) is 1.96. The summed E-state index contributed by atoms with van der Waals surface area (Å²) < 4.78 is 0. The van der Waals surface area contributed by atoms with Crippen LogP contribution in [0.3, 0.4) is 0 Å². The van der Waals surface area contributed by atoms with Crippen molar-refractivity contribution in [1.29, 1.82) is 0 Å². The SMILES string of the molecule is C=CCNC(=O)C1CC(=O)N(C2CC2)C1. The molecule has 4 heteroatoms. The van der Waals surface area contributed by atoms with Gasteiger partial charge in [-0.1, -0.05) is 6.08 Å². The fraction of sp³-hybridized carbons (Fsp3) is 0.636. The van der Waals surface area contributed by atoms with E-state index in [9.17, 15) is 9.59 Å². The van der Waals surface area contributed by atoms with Crippen LogP contribution >= 0.6 is 0 Å². The van der Waals surface area contributed by atoms with Gasteiger partial charge in [-0.3, -0.25) is 9.59 Å². The molecule has 15 heavy (non-hydrogen) atoms. The number of hydrogen-bond donors (Lipinski definition) is 1. The number of likely N-dealkylation sites (tertiary alicyclic amines) is 1. The first-order chi connectivity index (χ1) is 7.22. The molecule has 4 nitrogen and oxygen atoms in total. The molecule has 0 aromatic carbocycles. The van der Waals surface area contributed by atoms with Gasteiger partial charge in [0.15, 0.2) is 0 Å². The lowest BCUT2D eigenvalue weighted by molar-refractivity contribution is -0.129. The van der Waals surface area contributed by atoms with Gasteiger partial charge < -0.3 is 10.2 Å². The predicted molar refractivity (Wildman–Crippen MR) is 56.0 cm³/mol. The maximum atomic E-state index is 11.6. The number of carbonyl (C=O) groups is 2. The Hall–Kier alpha value is -1.32. The Balaban J connectivity index is 1.87. The van der Waals surface area contributed by atoms with Crippen LogP contribution in [-0.4, -0.2) is 35.8 Å². The second-order valence-corrected chi connectivity index (χ2v) is 4.21. The zero-order valence-electron chi connectivity index (χ0n) is 8.74. The van der Waals surface area contributed by atoms with Gasteiger partial charge in [0.2, 0.25) is 11.8 Å². The Morgan fingerprint density at radius 1 is 1.60 bits per heavy atom. The first-order valence-corrected chi connectivity index (χ1v) is 5.40. The van der Waals surface area contributed by atoms with Crippen LogP contribution in [0.25, 0.3) is 0 Å². The standard InChI is InChI=1S/C11H16N2O2/c1-2-5-12-11(15)8-6-10(14)13(7-8)9-3-4-9/h2,8-9H,1,3-7H2,(H,12,15). The molecule has 1 saturated carbocycles. The molecular weight excluding hydrogens is 192 g/mol. The number of carbonyl (C=O) groups excluding carboxylic acids is 2. The van der Waals surface area contributed by atoms with Crippen LogP contribution < -0.4 is 5.32 Å². The van der Waals surface area contributed by atoms with Crippen molar-refractivity contribution in [2.75, 3.05) is 13.1 Å². The van der Waals surface area contributed by atoms with E-state index in [1.54, 1.807) is 6.08 Å². The van der Waals surface area contributed by atoms with Crippen LogP contribution in [0.5, 0.6) is 0 Å². The average Bonchev–Trinajstić information content (AvgIpc) is 2.99. The molecule has 0 bridgehead atoms. The molecule has 1 aliphatic heterocycles. The number of nitrogens with one attached hydrogen (secondary N) is 1. The zero-order chi connectivity index (χ0) is 10.8. The van der Waals surface area contributed by atoms with E-state index >= 15 is 0 Å². The zero-order valence-corrected chi connectivity index (χ0v) is 8.74. The summed E-state index contributed by atoms with van der Waals surface area (Å²) in [5, 5.41) is 2.74. The topological polar surface area (TPSA) is 49.4 Å². The molecule has 2 amide bonds. The van der Waals surface area contributed by atoms with E-state index in [2.05, 4.69) is 11.9 Å². The highest BCUT2D eigenvalue weighted by atomic mass is 16.2. The Kier molecular flexibility index (Phi) is 2.75. The lowest BCUT2D eigenvalue weighted by Gasteiger charge is -2.14. The van der Waals surface area contributed by atoms with Crippen molar-refractivity contribution < 1.29 is 9.59 Å². The van der Waals surface area contributed by atoms with Crippen LogP contribution in [0.1, 0.15) is 19.3 Å². The van der Waals surface area contributed by atoms with Crippen molar-refractivity contribution >= 4 is 11.8 Å². The van der Waals surface area contributed by atoms with Gasteiger partial charge in [0.25, 0.3) is 0 Å². The lowest BCUT2D eigenvalue weighted by Crippen LogP contribution is -2.33. The smallest absolute Gasteiger partial charge is 0.225 e. The van der Waals surface area contributed by atoms with Gasteiger partial charge in [0.05, 0.1) is 5.92 Å². The van der Waals surface area contributed by atoms with E-state index in [-0.39, 0.29) is 17.7 Å². The van der Waals surface area contributed by atoms with E-state index in [4.69, 9.17) is 0 Å². The quantitative estimate of drug-likeness (QED) is 0.675. The third-order valence-corrected chi connectivity index (χ3v) is 2.94. The van der Waals surface area contributed by atoms with Crippen LogP contribution in [0.4, 0.5) is 0 Å². The van der Waals surface area contributed by atoms with E-state index in [0.29, 0.717) is 25.6 Å². The van der Waals surface area contributed by atoms with Gasteiger partial charge in [0, 0.05) is 25.6 Å². The summed E-state index contributed by atoms with van der Waals surface area (Å²) in [7, 11) is 0. The molecule has 2 fully saturated rings. The minimum Gasteiger partial charge on any atom is -0.352 e. The third kappa shape index (κ3) is 2.19. The molecule has 0 radical (unpaired) electrons. The Morgan fingerprint density at radius 3 is 2.93 bits per heavy atom. The third-order valence-electron chi connectivity index (χ3n) is 2.94. The van der Waals surface area contributed by atoms with Gasteiger partial charge in [-0.05, 0) is 12.8 Å². The van der Waals surface area contributed by atoms with Gasteiger partial charge in [0.1, 0.15) is 0 Å². The van der Waals surface area contributed by atoms with Crippen LogP contribution in [0.15, 0.2) is 12.7 Å². The van der Waals surface area contributed by atoms with Gasteiger partial charge in [-0.15, -0.1) is 6.58 Å². The number of rotatable bonds is 4. The summed E-state index contributed by atoms with van der Waals surface area (Å²) in [5.41, 5.74) is 0. The van der Waals surface area contributed by atoms with Crippen molar-refractivity contribution in [2.24, 2.45) is 5.92 Å². The second-order valence-electron chi connectivity index (χ2n) is 4.21. The maximum absolute atomic E-state index is 11.6. The summed E-state index contributed by atoms with van der Waals surface area (Å²) in [6, 6.07) is 0.426. The van der Waals surface area contributed by atoms with Gasteiger partial charge in [-0.2, -0.15) is 0 Å². The van der Waals surface area contributed by atoms with E-state index in [0.717, 1.165) is 12.8 Å². The Labute approximate surface area is 89.3 Å². The molecule has 2 aliphatic rings. The molecule has 82 valence electrons. The minimum absolute atomic E-state index is 0.0219. The molecule has 1 atom stereocenters. The molecule has 1 heterocycles. The molecule has 0 aromatic heterocycles. The highest BCUT2D eigenvalue weighted by molar-refractivity contribution is 5.89. The van der Waals surface area contributed by atoms with Gasteiger partial charge >= 0.3 is 0 Å². The van der Waals surface area contributed by atoms with E-state index in [1.165, 1.54) is 0 Å². The van der Waals surface area contributed by atoms with Crippen LogP contribution in [0.2, 0.25) is 0 Å². The monoisotopic (exact) mass is 208 g/mol. The maximum Gasteiger partial charge on any atom is 0.225 e. The molecule has 1 unspecified atom stereocenters. The molecule has 1 N–H and O–H groups in total. The number of hydrogen-bond acceptors (Lipinski definition) is 2. The first kappa shape index (κ1) is 10.2. The molecule has 1 saturated heterocycles. The fourth-order valence-electron chi connectivity index (χ4n) is 1.96. The number of amides is 2. The average molecular weight is 208 g/mol. The Bertz CT molecular complexity index is 297. The van der Waals surface area contributed by atoms with E-state index < -0.39 is 0 Å². The van der Waals surface area contributed by atoms with Crippen LogP contribution in [0, 0.1) is 5.92 Å². The highest BCUT2D eigenvalue weighted by Gasteiger charge is 2.41. The summed E-state index contributed by atoms with van der Waals surface area (Å²) in [5.74, 6) is -0.0410. The summed E-state index contributed by atoms with van der Waals surface area (Å²) >= 11 is 0. The molecule has 0 aromatic rings. The number of nitrogens with zero attached hydrogens (tertiary/aromatic N) is 1. The highest BCUT2D eigenvalue weighted by Crippen LogP contribution is 2.32. The second kappa shape index (κ2) is 4.04. The largest absolute Gasteiger partial charge is 0.352 e. The molecular formula is C11H16N2O2. The van der Waals surface area contributed by atoms with E-state index in [1.807, 2.05) is 4.90 Å². The van der Waals surface area contributed by atoms with Crippen molar-refractivity contribution in [3.63, 3.8) is 0 Å². The van der Waals surface area contributed by atoms with Crippen molar-refractivity contribution in [1.82, 2.24) is 10.2 Å².